The molecule has 0 spiro atoms. The van der Waals surface area contributed by atoms with Gasteiger partial charge in [-0.1, -0.05) is 0 Å². The van der Waals surface area contributed by atoms with Gasteiger partial charge >= 0.3 is 0 Å². The lowest BCUT2D eigenvalue weighted by Crippen LogP contribution is -2.39. The van der Waals surface area contributed by atoms with Crippen molar-refractivity contribution in [3.8, 4) is 5.75 Å². The van der Waals surface area contributed by atoms with E-state index in [0.29, 0.717) is 0 Å². The molecule has 0 atom stereocenters. The molecule has 0 aliphatic rings. The lowest BCUT2D eigenvalue weighted by atomic mass is 10.4. The van der Waals surface area contributed by atoms with Crippen LogP contribution in [0.15, 0.2) is 22.9 Å². The van der Waals surface area contributed by atoms with Crippen molar-refractivity contribution >= 4 is 15.9 Å². The van der Waals surface area contributed by atoms with Gasteiger partial charge < -0.3 is 4.74 Å². The Hall–Kier alpha value is -0.770. The van der Waals surface area contributed by atoms with E-state index in [-0.39, 0.29) is 6.10 Å². The number of halogens is 1. The van der Waals surface area contributed by atoms with Gasteiger partial charge in [-0.2, -0.15) is 0 Å². The first-order chi connectivity index (χ1) is 6.11. The Labute approximate surface area is 86.4 Å². The van der Waals surface area contributed by atoms with Gasteiger partial charge in [0.1, 0.15) is 7.11 Å². The monoisotopic (exact) mass is 246 g/mol. The molecule has 0 aromatic carbocycles. The number of hydrogen-bond donors (Lipinski definition) is 0. The van der Waals surface area contributed by atoms with Crippen LogP contribution < -0.4 is 14.3 Å². The van der Waals surface area contributed by atoms with Gasteiger partial charge in [-0.25, -0.2) is 0 Å². The average Bonchev–Trinajstić information content (AvgIpc) is 2.01. The number of pyridine rings is 1. The van der Waals surface area contributed by atoms with Crippen LogP contribution >= 0.6 is 15.9 Å². The Morgan fingerprint density at radius 2 is 2.08 bits per heavy atom. The van der Waals surface area contributed by atoms with Gasteiger partial charge in [0.2, 0.25) is 6.20 Å². The quantitative estimate of drug-likeness (QED) is 0.756. The molecule has 0 amide bonds. The van der Waals surface area contributed by atoms with E-state index in [1.807, 2.05) is 26.1 Å². The summed E-state index contributed by atoms with van der Waals surface area (Å²) in [6, 6.07) is 1.90. The van der Waals surface area contributed by atoms with Gasteiger partial charge in [0.05, 0.1) is 10.6 Å². The third kappa shape index (κ3) is 3.22. The summed E-state index contributed by atoms with van der Waals surface area (Å²) in [6.45, 7) is 3.97. The minimum absolute atomic E-state index is 0.166. The normalized spacial score (nSPS) is 10.2. The molecular formula is C9H13BrNO2+. The maximum atomic E-state index is 5.51. The van der Waals surface area contributed by atoms with Crippen molar-refractivity contribution in [2.24, 2.45) is 0 Å². The maximum Gasteiger partial charge on any atom is 0.264 e. The lowest BCUT2D eigenvalue weighted by Gasteiger charge is -2.07. The molecule has 0 radical (unpaired) electrons. The Bertz CT molecular complexity index is 289. The first kappa shape index (κ1) is 10.3. The van der Waals surface area contributed by atoms with Gasteiger partial charge in [0, 0.05) is 10.8 Å². The molecule has 1 aromatic heterocycles. The molecule has 1 aromatic rings. The number of hydrogen-bond acceptors (Lipinski definition) is 2. The minimum Gasteiger partial charge on any atom is -0.485 e. The highest BCUT2D eigenvalue weighted by Crippen LogP contribution is 2.15. The van der Waals surface area contributed by atoms with Gasteiger partial charge in [0.25, 0.3) is 6.20 Å². The number of rotatable bonds is 3. The summed E-state index contributed by atoms with van der Waals surface area (Å²) in [7, 11) is 1.60. The number of aromatic nitrogens is 1. The van der Waals surface area contributed by atoms with Crippen LogP contribution in [0.1, 0.15) is 13.8 Å². The Kier molecular flexibility index (Phi) is 3.54. The Balaban J connectivity index is 2.88. The summed E-state index contributed by atoms with van der Waals surface area (Å²) in [6.07, 6.45) is 3.76. The standard InChI is InChI=1S/C9H13BrNO2/c1-7(2)13-9-4-8(10)5-11(6-9)12-3/h4-7H,1-3H3/q+1. The third-order valence-electron chi connectivity index (χ3n) is 1.37. The largest absolute Gasteiger partial charge is 0.485 e. The second kappa shape index (κ2) is 4.46. The summed E-state index contributed by atoms with van der Waals surface area (Å²) in [5, 5.41) is 0. The molecule has 0 saturated carbocycles. The van der Waals surface area contributed by atoms with Crippen LogP contribution in [0.5, 0.6) is 5.75 Å². The summed E-state index contributed by atoms with van der Waals surface area (Å²) >= 11 is 3.36. The topological polar surface area (TPSA) is 22.3 Å². The molecule has 0 aliphatic carbocycles. The number of ether oxygens (including phenoxy) is 1. The molecule has 0 saturated heterocycles. The predicted molar refractivity (Wildman–Crippen MR) is 52.6 cm³/mol. The molecule has 0 fully saturated rings. The van der Waals surface area contributed by atoms with Crippen LogP contribution in [0.25, 0.3) is 0 Å². The smallest absolute Gasteiger partial charge is 0.264 e. The molecule has 0 aliphatic heterocycles. The predicted octanol–water partition coefficient (Wildman–Crippen LogP) is 1.58. The lowest BCUT2D eigenvalue weighted by molar-refractivity contribution is -0.886. The zero-order chi connectivity index (χ0) is 9.84. The molecule has 13 heavy (non-hydrogen) atoms. The highest BCUT2D eigenvalue weighted by Gasteiger charge is 2.08. The third-order valence-corrected chi connectivity index (χ3v) is 1.80. The van der Waals surface area contributed by atoms with E-state index in [1.54, 1.807) is 18.0 Å². The van der Waals surface area contributed by atoms with Gasteiger partial charge in [0.15, 0.2) is 5.75 Å². The second-order valence-electron chi connectivity index (χ2n) is 2.90. The van der Waals surface area contributed by atoms with Crippen LogP contribution in [-0.2, 0) is 0 Å². The van der Waals surface area contributed by atoms with E-state index in [0.717, 1.165) is 10.2 Å². The molecule has 1 rings (SSSR count). The SMILES string of the molecule is CO[n+]1cc(Br)cc(OC(C)C)c1. The zero-order valence-electron chi connectivity index (χ0n) is 7.95. The zero-order valence-corrected chi connectivity index (χ0v) is 9.54. The van der Waals surface area contributed by atoms with Crippen LogP contribution in [0.2, 0.25) is 0 Å². The Morgan fingerprint density at radius 3 is 2.62 bits per heavy atom. The molecule has 0 unspecified atom stereocenters. The summed E-state index contributed by atoms with van der Waals surface area (Å²) in [5.74, 6) is 0.784. The van der Waals surface area contributed by atoms with Crippen molar-refractivity contribution in [1.29, 1.82) is 0 Å². The van der Waals surface area contributed by atoms with Crippen molar-refractivity contribution in [3.63, 3.8) is 0 Å². The fraction of sp³-hybridized carbons (Fsp3) is 0.444. The van der Waals surface area contributed by atoms with E-state index in [4.69, 9.17) is 9.57 Å². The molecule has 3 nitrogen and oxygen atoms in total. The first-order valence-corrected chi connectivity index (χ1v) is 4.84. The van der Waals surface area contributed by atoms with Crippen LogP contribution in [0, 0.1) is 0 Å². The van der Waals surface area contributed by atoms with Crippen molar-refractivity contribution < 1.29 is 14.3 Å². The van der Waals surface area contributed by atoms with Crippen molar-refractivity contribution in [2.45, 2.75) is 20.0 Å². The summed E-state index contributed by atoms with van der Waals surface area (Å²) in [5.41, 5.74) is 0. The van der Waals surface area contributed by atoms with E-state index in [1.165, 1.54) is 0 Å². The van der Waals surface area contributed by atoms with E-state index >= 15 is 0 Å². The summed E-state index contributed by atoms with van der Waals surface area (Å²) in [4.78, 5) is 5.02. The first-order valence-electron chi connectivity index (χ1n) is 4.05. The summed E-state index contributed by atoms with van der Waals surface area (Å²) < 4.78 is 8.02. The number of nitrogens with zero attached hydrogens (tertiary/aromatic N) is 1. The maximum absolute atomic E-state index is 5.51. The van der Waals surface area contributed by atoms with Crippen molar-refractivity contribution in [2.75, 3.05) is 7.11 Å². The van der Waals surface area contributed by atoms with Gasteiger partial charge in [-0.05, 0) is 29.8 Å². The highest BCUT2D eigenvalue weighted by atomic mass is 79.9. The van der Waals surface area contributed by atoms with Gasteiger partial charge in [-0.15, -0.1) is 0 Å². The molecule has 4 heteroatoms. The van der Waals surface area contributed by atoms with E-state index < -0.39 is 0 Å². The van der Waals surface area contributed by atoms with E-state index in [9.17, 15) is 0 Å². The van der Waals surface area contributed by atoms with Crippen LogP contribution in [0.3, 0.4) is 0 Å². The Morgan fingerprint density at radius 1 is 1.38 bits per heavy atom. The average molecular weight is 247 g/mol. The van der Waals surface area contributed by atoms with Crippen molar-refractivity contribution in [3.05, 3.63) is 22.9 Å². The van der Waals surface area contributed by atoms with Gasteiger partial charge in [-0.3, -0.25) is 4.84 Å². The van der Waals surface area contributed by atoms with Crippen LogP contribution in [0.4, 0.5) is 0 Å². The molecule has 0 bridgehead atoms. The van der Waals surface area contributed by atoms with Crippen LogP contribution in [-0.4, -0.2) is 13.2 Å². The highest BCUT2D eigenvalue weighted by molar-refractivity contribution is 9.10. The van der Waals surface area contributed by atoms with Crippen molar-refractivity contribution in [1.82, 2.24) is 0 Å². The second-order valence-corrected chi connectivity index (χ2v) is 3.81. The molecule has 0 N–H and O–H groups in total. The fourth-order valence-electron chi connectivity index (χ4n) is 0.937. The van der Waals surface area contributed by atoms with E-state index in [2.05, 4.69) is 15.9 Å². The molecule has 1 heterocycles. The molecule has 72 valence electrons. The molecular weight excluding hydrogens is 234 g/mol. The minimum atomic E-state index is 0.166. The fourth-order valence-corrected chi connectivity index (χ4v) is 1.36.